The van der Waals surface area contributed by atoms with Gasteiger partial charge in [-0.05, 0) is 12.5 Å². The van der Waals surface area contributed by atoms with Crippen molar-refractivity contribution in [3.05, 3.63) is 53.9 Å². The van der Waals surface area contributed by atoms with Crippen LogP contribution in [-0.4, -0.2) is 26.9 Å². The quantitative estimate of drug-likeness (QED) is 0.817. The normalized spacial score (nSPS) is 11.7. The van der Waals surface area contributed by atoms with Gasteiger partial charge in [0.05, 0.1) is 18.7 Å². The summed E-state index contributed by atoms with van der Waals surface area (Å²) in [6.07, 6.45) is 2.36. The molecule has 0 aliphatic carbocycles. The third kappa shape index (κ3) is 5.14. The van der Waals surface area contributed by atoms with E-state index in [4.69, 9.17) is 9.84 Å². The smallest absolute Gasteiger partial charge is 0.407 e. The van der Waals surface area contributed by atoms with Crippen LogP contribution in [0.1, 0.15) is 30.5 Å². The van der Waals surface area contributed by atoms with Crippen LogP contribution in [0.15, 0.2) is 42.7 Å². The van der Waals surface area contributed by atoms with E-state index in [0.717, 1.165) is 5.56 Å². The second kappa shape index (κ2) is 7.98. The number of carboxylic acid groups (broad SMARTS) is 1. The zero-order chi connectivity index (χ0) is 16.7. The van der Waals surface area contributed by atoms with Crippen molar-refractivity contribution >= 4 is 12.1 Å². The molecule has 1 atom stereocenters. The molecule has 0 fully saturated rings. The Morgan fingerprint density at radius 2 is 2.09 bits per heavy atom. The van der Waals surface area contributed by atoms with E-state index in [9.17, 15) is 9.59 Å². The Balaban J connectivity index is 1.96. The Bertz CT molecular complexity index is 654. The van der Waals surface area contributed by atoms with Crippen molar-refractivity contribution in [2.45, 2.75) is 32.5 Å². The minimum absolute atomic E-state index is 0.126. The lowest BCUT2D eigenvalue weighted by atomic mass is 10.1. The minimum Gasteiger partial charge on any atom is -0.481 e. The Labute approximate surface area is 133 Å². The van der Waals surface area contributed by atoms with Crippen molar-refractivity contribution in [3.63, 3.8) is 0 Å². The number of aromatic nitrogens is 2. The number of ether oxygens (including phenoxy) is 1. The van der Waals surface area contributed by atoms with Gasteiger partial charge in [-0.3, -0.25) is 9.48 Å². The first-order valence-electron chi connectivity index (χ1n) is 7.30. The molecule has 7 nitrogen and oxygen atoms in total. The third-order valence-corrected chi connectivity index (χ3v) is 3.26. The lowest BCUT2D eigenvalue weighted by Gasteiger charge is -2.15. The molecule has 0 saturated carbocycles. The van der Waals surface area contributed by atoms with Crippen LogP contribution >= 0.6 is 0 Å². The molecule has 0 unspecified atom stereocenters. The van der Waals surface area contributed by atoms with Gasteiger partial charge in [-0.25, -0.2) is 4.79 Å². The lowest BCUT2D eigenvalue weighted by Crippen LogP contribution is -2.30. The highest BCUT2D eigenvalue weighted by molar-refractivity contribution is 5.71. The molecular weight excluding hydrogens is 298 g/mol. The third-order valence-electron chi connectivity index (χ3n) is 3.26. The maximum absolute atomic E-state index is 11.9. The number of nitrogens with one attached hydrogen (secondary N) is 1. The molecule has 23 heavy (non-hydrogen) atoms. The second-order valence-electron chi connectivity index (χ2n) is 4.99. The number of rotatable bonds is 7. The number of amides is 1. The van der Waals surface area contributed by atoms with Gasteiger partial charge in [0.1, 0.15) is 6.61 Å². The summed E-state index contributed by atoms with van der Waals surface area (Å²) in [4.78, 5) is 22.9. The number of hydrogen-bond acceptors (Lipinski definition) is 4. The number of carbonyl (C=O) groups excluding carboxylic acids is 1. The van der Waals surface area contributed by atoms with Crippen LogP contribution < -0.4 is 5.32 Å². The maximum atomic E-state index is 11.9. The molecule has 0 aliphatic rings. The molecule has 1 aromatic heterocycles. The summed E-state index contributed by atoms with van der Waals surface area (Å²) in [6, 6.07) is 8.57. The van der Waals surface area contributed by atoms with Gasteiger partial charge in [0.15, 0.2) is 0 Å². The predicted molar refractivity (Wildman–Crippen MR) is 82.7 cm³/mol. The molecule has 122 valence electrons. The topological polar surface area (TPSA) is 93.5 Å². The van der Waals surface area contributed by atoms with Gasteiger partial charge in [-0.2, -0.15) is 5.10 Å². The first-order valence-corrected chi connectivity index (χ1v) is 7.30. The van der Waals surface area contributed by atoms with E-state index in [2.05, 4.69) is 10.4 Å². The SMILES string of the molecule is CCn1cc([C@H](CC(=O)O)NC(=O)OCc2ccccc2)cn1. The van der Waals surface area contributed by atoms with Gasteiger partial charge >= 0.3 is 12.1 Å². The van der Waals surface area contributed by atoms with Gasteiger partial charge in [0, 0.05) is 18.3 Å². The molecule has 0 spiro atoms. The molecule has 2 N–H and O–H groups in total. The Morgan fingerprint density at radius 3 is 2.70 bits per heavy atom. The van der Waals surface area contributed by atoms with Gasteiger partial charge in [-0.1, -0.05) is 30.3 Å². The molecule has 1 heterocycles. The Hall–Kier alpha value is -2.83. The number of aryl methyl sites for hydroxylation is 1. The summed E-state index contributed by atoms with van der Waals surface area (Å²) in [5, 5.41) is 15.7. The standard InChI is InChI=1S/C16H19N3O4/c1-2-19-10-13(9-17-19)14(8-15(20)21)18-16(22)23-11-12-6-4-3-5-7-12/h3-7,9-10,14H,2,8,11H2,1H3,(H,18,22)(H,20,21)/t14-/m0/s1. The van der Waals surface area contributed by atoms with Crippen molar-refractivity contribution < 1.29 is 19.4 Å². The van der Waals surface area contributed by atoms with Crippen LogP contribution in [0, 0.1) is 0 Å². The molecule has 2 rings (SSSR count). The molecule has 2 aromatic rings. The number of hydrogen-bond donors (Lipinski definition) is 2. The fourth-order valence-electron chi connectivity index (χ4n) is 2.07. The average Bonchev–Trinajstić information content (AvgIpc) is 3.02. The highest BCUT2D eigenvalue weighted by Crippen LogP contribution is 2.16. The van der Waals surface area contributed by atoms with Gasteiger partial charge < -0.3 is 15.2 Å². The molecule has 0 saturated heterocycles. The predicted octanol–water partition coefficient (Wildman–Crippen LogP) is 2.35. The maximum Gasteiger partial charge on any atom is 0.407 e. The van der Waals surface area contributed by atoms with E-state index < -0.39 is 18.1 Å². The van der Waals surface area contributed by atoms with Crippen molar-refractivity contribution in [3.8, 4) is 0 Å². The first kappa shape index (κ1) is 16.5. The van der Waals surface area contributed by atoms with Crippen LogP contribution in [0.4, 0.5) is 4.79 Å². The average molecular weight is 317 g/mol. The summed E-state index contributed by atoms with van der Waals surface area (Å²) in [5.41, 5.74) is 1.49. The van der Waals surface area contributed by atoms with Gasteiger partial charge in [0.25, 0.3) is 0 Å². The summed E-state index contributed by atoms with van der Waals surface area (Å²) >= 11 is 0. The lowest BCUT2D eigenvalue weighted by molar-refractivity contribution is -0.137. The summed E-state index contributed by atoms with van der Waals surface area (Å²) < 4.78 is 6.79. The number of nitrogens with zero attached hydrogens (tertiary/aromatic N) is 2. The van der Waals surface area contributed by atoms with Crippen molar-refractivity contribution in [2.75, 3.05) is 0 Å². The van der Waals surface area contributed by atoms with E-state index in [1.807, 2.05) is 37.3 Å². The molecule has 0 bridgehead atoms. The van der Waals surface area contributed by atoms with Gasteiger partial charge in [-0.15, -0.1) is 0 Å². The summed E-state index contributed by atoms with van der Waals surface area (Å²) in [5.74, 6) is -1.01. The van der Waals surface area contributed by atoms with Crippen molar-refractivity contribution in [1.82, 2.24) is 15.1 Å². The molecule has 1 amide bonds. The van der Waals surface area contributed by atoms with Gasteiger partial charge in [0.2, 0.25) is 0 Å². The highest BCUT2D eigenvalue weighted by atomic mass is 16.5. The highest BCUT2D eigenvalue weighted by Gasteiger charge is 2.20. The van der Waals surface area contributed by atoms with E-state index in [1.165, 1.54) is 0 Å². The Kier molecular flexibility index (Phi) is 5.74. The molecule has 7 heteroatoms. The molecule has 0 aliphatic heterocycles. The summed E-state index contributed by atoms with van der Waals surface area (Å²) in [6.45, 7) is 2.71. The zero-order valence-corrected chi connectivity index (χ0v) is 12.8. The fraction of sp³-hybridized carbons (Fsp3) is 0.312. The minimum atomic E-state index is -1.01. The monoisotopic (exact) mass is 317 g/mol. The number of alkyl carbamates (subject to hydrolysis) is 1. The van der Waals surface area contributed by atoms with E-state index in [0.29, 0.717) is 12.1 Å². The van der Waals surface area contributed by atoms with Crippen molar-refractivity contribution in [2.24, 2.45) is 0 Å². The summed E-state index contributed by atoms with van der Waals surface area (Å²) in [7, 11) is 0. The number of aliphatic carboxylic acids is 1. The first-order chi connectivity index (χ1) is 11.1. The molecule has 0 radical (unpaired) electrons. The van der Waals surface area contributed by atoms with Crippen LogP contribution in [-0.2, 0) is 22.7 Å². The van der Waals surface area contributed by atoms with E-state index >= 15 is 0 Å². The van der Waals surface area contributed by atoms with Crippen LogP contribution in [0.2, 0.25) is 0 Å². The fourth-order valence-corrected chi connectivity index (χ4v) is 2.07. The molecular formula is C16H19N3O4. The van der Waals surface area contributed by atoms with E-state index in [-0.39, 0.29) is 13.0 Å². The number of benzene rings is 1. The van der Waals surface area contributed by atoms with Crippen LogP contribution in [0.25, 0.3) is 0 Å². The number of carbonyl (C=O) groups is 2. The Morgan fingerprint density at radius 1 is 1.35 bits per heavy atom. The number of carboxylic acids is 1. The zero-order valence-electron chi connectivity index (χ0n) is 12.8. The van der Waals surface area contributed by atoms with E-state index in [1.54, 1.807) is 17.1 Å². The van der Waals surface area contributed by atoms with Crippen LogP contribution in [0.5, 0.6) is 0 Å². The van der Waals surface area contributed by atoms with Crippen LogP contribution in [0.3, 0.4) is 0 Å². The largest absolute Gasteiger partial charge is 0.481 e. The molecule has 1 aromatic carbocycles. The second-order valence-corrected chi connectivity index (χ2v) is 4.99. The van der Waals surface area contributed by atoms with Crippen molar-refractivity contribution in [1.29, 1.82) is 0 Å².